The Morgan fingerprint density at radius 3 is 2.09 bits per heavy atom. The average molecular weight is 336 g/mol. The summed E-state index contributed by atoms with van der Waals surface area (Å²) in [6, 6.07) is 0. The second kappa shape index (κ2) is 11.8. The summed E-state index contributed by atoms with van der Waals surface area (Å²) in [7, 11) is -3.65. The highest BCUT2D eigenvalue weighted by atomic mass is 31.2. The van der Waals surface area contributed by atoms with Crippen molar-refractivity contribution in [2.45, 2.75) is 59.0 Å². The minimum absolute atomic E-state index is 0.125. The van der Waals surface area contributed by atoms with Crippen LogP contribution in [-0.4, -0.2) is 37.7 Å². The number of hydrogen-bond donors (Lipinski definition) is 0. The van der Waals surface area contributed by atoms with Crippen LogP contribution < -0.4 is 0 Å². The Bertz CT molecular complexity index is 361. The zero-order chi connectivity index (χ0) is 17.0. The fourth-order valence-corrected chi connectivity index (χ4v) is 4.18. The molecule has 0 aromatic rings. The van der Waals surface area contributed by atoms with Gasteiger partial charge in [0.2, 0.25) is 0 Å². The topological polar surface area (TPSA) is 78.9 Å². The molecule has 0 aromatic heterocycles. The van der Waals surface area contributed by atoms with Gasteiger partial charge in [0.25, 0.3) is 0 Å². The van der Waals surface area contributed by atoms with Crippen LogP contribution in [0.15, 0.2) is 0 Å². The molecule has 0 bridgehead atoms. The summed E-state index contributed by atoms with van der Waals surface area (Å²) in [5.74, 6) is -0.986. The number of esters is 1. The van der Waals surface area contributed by atoms with Crippen molar-refractivity contribution in [1.29, 1.82) is 0 Å². The highest BCUT2D eigenvalue weighted by Crippen LogP contribution is 2.55. The predicted molar refractivity (Wildman–Crippen MR) is 85.0 cm³/mol. The molecule has 1 unspecified atom stereocenters. The number of carbonyl (C=O) groups excluding carboxylic acids is 2. The first-order valence-electron chi connectivity index (χ1n) is 7.99. The highest BCUT2D eigenvalue weighted by Gasteiger charge is 2.43. The molecule has 130 valence electrons. The third kappa shape index (κ3) is 7.03. The van der Waals surface area contributed by atoms with Gasteiger partial charge in [-0.25, -0.2) is 0 Å². The molecule has 2 atom stereocenters. The monoisotopic (exact) mass is 336 g/mol. The molecule has 0 spiro atoms. The third-order valence-corrected chi connectivity index (χ3v) is 5.63. The summed E-state index contributed by atoms with van der Waals surface area (Å²) < 4.78 is 28.4. The van der Waals surface area contributed by atoms with Crippen LogP contribution in [0.1, 0.15) is 53.4 Å². The van der Waals surface area contributed by atoms with E-state index in [1.165, 1.54) is 0 Å². The molecule has 0 fully saturated rings. The first-order valence-corrected chi connectivity index (χ1v) is 9.60. The van der Waals surface area contributed by atoms with E-state index in [4.69, 9.17) is 13.8 Å². The van der Waals surface area contributed by atoms with Gasteiger partial charge in [0.05, 0.1) is 19.8 Å². The quantitative estimate of drug-likeness (QED) is 0.290. The molecule has 0 amide bonds. The van der Waals surface area contributed by atoms with Crippen LogP contribution in [0, 0.1) is 5.92 Å². The van der Waals surface area contributed by atoms with Crippen molar-refractivity contribution in [3.63, 3.8) is 0 Å². The normalized spacial score (nSPS) is 14.4. The van der Waals surface area contributed by atoms with Crippen LogP contribution >= 0.6 is 7.60 Å². The maximum absolute atomic E-state index is 12.9. The standard InChI is InChI=1S/C15H29O6P/c1-5-9-10-13(12-16)11-14(15(17)19-6-2)22(18,20-7-3)21-8-4/h12-14H,5-11H2,1-4H3/t13-,14?/m1/s1. The van der Waals surface area contributed by atoms with Gasteiger partial charge >= 0.3 is 13.6 Å². The molecule has 22 heavy (non-hydrogen) atoms. The largest absolute Gasteiger partial charge is 0.465 e. The number of unbranched alkanes of at least 4 members (excludes halogenated alkanes) is 1. The lowest BCUT2D eigenvalue weighted by Gasteiger charge is -2.26. The van der Waals surface area contributed by atoms with Crippen molar-refractivity contribution < 1.29 is 27.9 Å². The van der Waals surface area contributed by atoms with Gasteiger partial charge in [-0.2, -0.15) is 0 Å². The molecule has 0 radical (unpaired) electrons. The summed E-state index contributed by atoms with van der Waals surface area (Å²) in [6.45, 7) is 7.56. The Labute approximate surface area is 133 Å². The lowest BCUT2D eigenvalue weighted by Crippen LogP contribution is -2.29. The summed E-state index contributed by atoms with van der Waals surface area (Å²) in [6.07, 6.45) is 3.40. The zero-order valence-corrected chi connectivity index (χ0v) is 15.0. The maximum Gasteiger partial charge on any atom is 0.344 e. The molecular formula is C15H29O6P. The van der Waals surface area contributed by atoms with Crippen molar-refractivity contribution >= 4 is 19.9 Å². The van der Waals surface area contributed by atoms with Gasteiger partial charge in [0.15, 0.2) is 5.66 Å². The highest BCUT2D eigenvalue weighted by molar-refractivity contribution is 7.55. The molecule has 0 N–H and O–H groups in total. The van der Waals surface area contributed by atoms with Crippen molar-refractivity contribution in [2.24, 2.45) is 5.92 Å². The van der Waals surface area contributed by atoms with Gasteiger partial charge in [0.1, 0.15) is 6.29 Å². The van der Waals surface area contributed by atoms with E-state index >= 15 is 0 Å². The number of carbonyl (C=O) groups is 2. The number of hydrogen-bond acceptors (Lipinski definition) is 6. The average Bonchev–Trinajstić information content (AvgIpc) is 2.48. The molecule has 7 heteroatoms. The number of ether oxygens (including phenoxy) is 1. The maximum atomic E-state index is 12.9. The smallest absolute Gasteiger partial charge is 0.344 e. The van der Waals surface area contributed by atoms with Crippen LogP contribution in [0.4, 0.5) is 0 Å². The Morgan fingerprint density at radius 1 is 1.09 bits per heavy atom. The minimum atomic E-state index is -3.65. The summed E-state index contributed by atoms with van der Waals surface area (Å²) >= 11 is 0. The SMILES string of the molecule is CCCC[C@@H](C=O)CC(C(=O)OCC)P(=O)(OCC)OCC. The third-order valence-electron chi connectivity index (χ3n) is 3.21. The second-order valence-corrected chi connectivity index (χ2v) is 7.14. The van der Waals surface area contributed by atoms with Crippen LogP contribution in [0.25, 0.3) is 0 Å². The van der Waals surface area contributed by atoms with Gasteiger partial charge in [-0.3, -0.25) is 9.36 Å². The second-order valence-electron chi connectivity index (χ2n) is 4.92. The van der Waals surface area contributed by atoms with Crippen molar-refractivity contribution in [3.05, 3.63) is 0 Å². The number of rotatable bonds is 13. The summed E-state index contributed by atoms with van der Waals surface area (Å²) in [5.41, 5.74) is -1.06. The molecule has 0 aliphatic carbocycles. The van der Waals surface area contributed by atoms with E-state index in [0.29, 0.717) is 6.42 Å². The summed E-state index contributed by atoms with van der Waals surface area (Å²) in [5, 5.41) is 0. The molecule has 0 rings (SSSR count). The van der Waals surface area contributed by atoms with Crippen LogP contribution in [0.5, 0.6) is 0 Å². The van der Waals surface area contributed by atoms with Crippen LogP contribution in [-0.2, 0) is 27.9 Å². The predicted octanol–water partition coefficient (Wildman–Crippen LogP) is 3.58. The lowest BCUT2D eigenvalue weighted by atomic mass is 9.98. The van der Waals surface area contributed by atoms with E-state index in [1.54, 1.807) is 20.8 Å². The van der Waals surface area contributed by atoms with Gasteiger partial charge in [0, 0.05) is 5.92 Å². The zero-order valence-electron chi connectivity index (χ0n) is 14.1. The van der Waals surface area contributed by atoms with E-state index in [2.05, 4.69) is 0 Å². The minimum Gasteiger partial charge on any atom is -0.465 e. The van der Waals surface area contributed by atoms with E-state index in [9.17, 15) is 14.2 Å². The van der Waals surface area contributed by atoms with E-state index in [1.807, 2.05) is 6.92 Å². The van der Waals surface area contributed by atoms with Crippen molar-refractivity contribution in [3.8, 4) is 0 Å². The van der Waals surface area contributed by atoms with Crippen molar-refractivity contribution in [2.75, 3.05) is 19.8 Å². The molecule has 0 saturated heterocycles. The first-order chi connectivity index (χ1) is 10.5. The Balaban J connectivity index is 5.27. The fraction of sp³-hybridized carbons (Fsp3) is 0.867. The van der Waals surface area contributed by atoms with Gasteiger partial charge in [-0.05, 0) is 33.6 Å². The first kappa shape index (κ1) is 21.3. The summed E-state index contributed by atoms with van der Waals surface area (Å²) in [4.78, 5) is 23.4. The molecule has 0 heterocycles. The molecule has 0 aromatic carbocycles. The van der Waals surface area contributed by atoms with Gasteiger partial charge in [-0.1, -0.05) is 19.8 Å². The van der Waals surface area contributed by atoms with E-state index in [0.717, 1.165) is 19.1 Å². The molecule has 6 nitrogen and oxygen atoms in total. The molecule has 0 saturated carbocycles. The van der Waals surface area contributed by atoms with Crippen LogP contribution in [0.2, 0.25) is 0 Å². The Kier molecular flexibility index (Phi) is 11.4. The Hall–Kier alpha value is -0.710. The van der Waals surface area contributed by atoms with Crippen molar-refractivity contribution in [1.82, 2.24) is 0 Å². The number of aldehydes is 1. The molecular weight excluding hydrogens is 307 g/mol. The lowest BCUT2D eigenvalue weighted by molar-refractivity contribution is -0.143. The Morgan fingerprint density at radius 2 is 1.68 bits per heavy atom. The van der Waals surface area contributed by atoms with Gasteiger partial charge in [-0.15, -0.1) is 0 Å². The van der Waals surface area contributed by atoms with Crippen LogP contribution in [0.3, 0.4) is 0 Å². The van der Waals surface area contributed by atoms with E-state index < -0.39 is 19.2 Å². The van der Waals surface area contributed by atoms with Gasteiger partial charge < -0.3 is 18.6 Å². The molecule has 0 aliphatic rings. The molecule has 0 aliphatic heterocycles. The van der Waals surface area contributed by atoms with E-state index in [-0.39, 0.29) is 32.2 Å². The fourth-order valence-electron chi connectivity index (χ4n) is 2.16.